The van der Waals surface area contributed by atoms with E-state index in [2.05, 4.69) is 5.32 Å². The number of nitrogens with zero attached hydrogens (tertiary/aromatic N) is 1. The predicted molar refractivity (Wildman–Crippen MR) is 143 cm³/mol. The second kappa shape index (κ2) is 15.3. The van der Waals surface area contributed by atoms with E-state index in [1.165, 1.54) is 71.3 Å². The standard InChI is InChI=1S/C18H19NO4.C12H23N/c1-19(18(22)23-13-15-10-6-3-7-11-15)16(17(20)21)12-14-8-4-2-5-9-14;1-3-7-11(8-4-1)13-12-9-5-2-6-10-12/h2-11,16H,12-13H2,1H3,(H,20,21);11-13H,1-10H2. The van der Waals surface area contributed by atoms with E-state index in [1.54, 1.807) is 0 Å². The van der Waals surface area contributed by atoms with Gasteiger partial charge in [-0.2, -0.15) is 0 Å². The van der Waals surface area contributed by atoms with Gasteiger partial charge in [0.15, 0.2) is 0 Å². The molecule has 1 atom stereocenters. The lowest BCUT2D eigenvalue weighted by Crippen LogP contribution is -2.44. The summed E-state index contributed by atoms with van der Waals surface area (Å²) in [6, 6.07) is 19.2. The summed E-state index contributed by atoms with van der Waals surface area (Å²) in [6.07, 6.45) is 14.1. The van der Waals surface area contributed by atoms with Crippen molar-refractivity contribution in [1.29, 1.82) is 0 Å². The van der Waals surface area contributed by atoms with Gasteiger partial charge in [-0.25, -0.2) is 9.59 Å². The van der Waals surface area contributed by atoms with Crippen LogP contribution in [0.25, 0.3) is 0 Å². The highest BCUT2D eigenvalue weighted by molar-refractivity contribution is 5.80. The first-order valence-corrected chi connectivity index (χ1v) is 13.5. The first-order valence-electron chi connectivity index (χ1n) is 13.5. The van der Waals surface area contributed by atoms with Gasteiger partial charge in [0.1, 0.15) is 12.6 Å². The average molecular weight is 495 g/mol. The Kier molecular flexibility index (Phi) is 11.8. The van der Waals surface area contributed by atoms with Crippen LogP contribution in [0.1, 0.15) is 75.3 Å². The van der Waals surface area contributed by atoms with E-state index in [9.17, 15) is 14.7 Å². The van der Waals surface area contributed by atoms with Crippen LogP contribution in [0.5, 0.6) is 0 Å². The summed E-state index contributed by atoms with van der Waals surface area (Å²) in [4.78, 5) is 24.7. The van der Waals surface area contributed by atoms with Gasteiger partial charge in [-0.1, -0.05) is 99.2 Å². The van der Waals surface area contributed by atoms with Crippen LogP contribution in [0.15, 0.2) is 60.7 Å². The molecule has 0 radical (unpaired) electrons. The molecule has 2 aliphatic rings. The molecule has 2 fully saturated rings. The van der Waals surface area contributed by atoms with Crippen LogP contribution in [0, 0.1) is 0 Å². The lowest BCUT2D eigenvalue weighted by molar-refractivity contribution is -0.142. The molecule has 2 saturated carbocycles. The average Bonchev–Trinajstić information content (AvgIpc) is 2.92. The Morgan fingerprint density at radius 2 is 1.31 bits per heavy atom. The van der Waals surface area contributed by atoms with Crippen molar-refractivity contribution in [3.05, 3.63) is 71.8 Å². The Hall–Kier alpha value is -2.86. The first-order chi connectivity index (χ1) is 17.5. The van der Waals surface area contributed by atoms with E-state index >= 15 is 0 Å². The fourth-order valence-electron chi connectivity index (χ4n) is 5.05. The molecule has 196 valence electrons. The Bertz CT molecular complexity index is 878. The van der Waals surface area contributed by atoms with E-state index in [4.69, 9.17) is 4.74 Å². The molecule has 2 N–H and O–H groups in total. The minimum Gasteiger partial charge on any atom is -0.480 e. The number of carbonyl (C=O) groups excluding carboxylic acids is 1. The minimum atomic E-state index is -1.06. The van der Waals surface area contributed by atoms with Crippen molar-refractivity contribution >= 4 is 12.1 Å². The maximum atomic E-state index is 12.1. The topological polar surface area (TPSA) is 78.9 Å². The second-order valence-electron chi connectivity index (χ2n) is 10.0. The minimum absolute atomic E-state index is 0.113. The Labute approximate surface area is 216 Å². The van der Waals surface area contributed by atoms with Crippen molar-refractivity contribution in [1.82, 2.24) is 10.2 Å². The van der Waals surface area contributed by atoms with Crippen molar-refractivity contribution in [3.63, 3.8) is 0 Å². The fourth-order valence-corrected chi connectivity index (χ4v) is 5.05. The highest BCUT2D eigenvalue weighted by Gasteiger charge is 2.28. The van der Waals surface area contributed by atoms with Gasteiger partial charge in [-0.15, -0.1) is 0 Å². The predicted octanol–water partition coefficient (Wildman–Crippen LogP) is 6.19. The largest absolute Gasteiger partial charge is 0.480 e. The number of nitrogens with one attached hydrogen (secondary N) is 1. The summed E-state index contributed by atoms with van der Waals surface area (Å²) in [5.41, 5.74) is 1.70. The second-order valence-corrected chi connectivity index (χ2v) is 10.0. The number of hydrogen-bond donors (Lipinski definition) is 2. The van der Waals surface area contributed by atoms with Crippen LogP contribution >= 0.6 is 0 Å². The molecule has 0 heterocycles. The van der Waals surface area contributed by atoms with E-state index in [0.29, 0.717) is 0 Å². The summed E-state index contributed by atoms with van der Waals surface area (Å²) in [5, 5.41) is 13.2. The van der Waals surface area contributed by atoms with E-state index < -0.39 is 18.1 Å². The third-order valence-electron chi connectivity index (χ3n) is 7.20. The number of aliphatic carboxylic acids is 1. The molecule has 2 aromatic rings. The summed E-state index contributed by atoms with van der Waals surface area (Å²) in [6.45, 7) is 0.113. The van der Waals surface area contributed by atoms with Crippen LogP contribution in [-0.2, 0) is 22.6 Å². The molecule has 0 bridgehead atoms. The zero-order valence-corrected chi connectivity index (χ0v) is 21.6. The Morgan fingerprint density at radius 3 is 1.78 bits per heavy atom. The van der Waals surface area contributed by atoms with Crippen molar-refractivity contribution < 1.29 is 19.4 Å². The number of carboxylic acids is 1. The highest BCUT2D eigenvalue weighted by atomic mass is 16.6. The zero-order valence-electron chi connectivity index (χ0n) is 21.6. The maximum Gasteiger partial charge on any atom is 0.410 e. The van der Waals surface area contributed by atoms with Crippen molar-refractivity contribution in [3.8, 4) is 0 Å². The summed E-state index contributed by atoms with van der Waals surface area (Å²) in [7, 11) is 1.44. The third-order valence-corrected chi connectivity index (χ3v) is 7.20. The number of carbonyl (C=O) groups is 2. The molecule has 1 amide bonds. The molecule has 6 heteroatoms. The fraction of sp³-hybridized carbons (Fsp3) is 0.533. The van der Waals surface area contributed by atoms with E-state index in [1.807, 2.05) is 60.7 Å². The quantitative estimate of drug-likeness (QED) is 0.457. The van der Waals surface area contributed by atoms with Crippen LogP contribution in [0.4, 0.5) is 4.79 Å². The molecule has 4 rings (SSSR count). The molecular formula is C30H42N2O4. The molecule has 2 aromatic carbocycles. The number of ether oxygens (including phenoxy) is 1. The van der Waals surface area contributed by atoms with Crippen molar-refractivity contribution in [2.75, 3.05) is 7.05 Å². The first kappa shape index (κ1) is 27.7. The lowest BCUT2D eigenvalue weighted by atomic mass is 9.91. The van der Waals surface area contributed by atoms with Gasteiger partial charge in [0, 0.05) is 25.6 Å². The van der Waals surface area contributed by atoms with Crippen LogP contribution in [0.2, 0.25) is 0 Å². The van der Waals surface area contributed by atoms with Gasteiger partial charge in [0.25, 0.3) is 0 Å². The summed E-state index contributed by atoms with van der Waals surface area (Å²) in [5.74, 6) is -1.06. The molecular weight excluding hydrogens is 452 g/mol. The highest BCUT2D eigenvalue weighted by Crippen LogP contribution is 2.22. The normalized spacial score (nSPS) is 17.4. The van der Waals surface area contributed by atoms with Crippen molar-refractivity contribution in [2.45, 2.75) is 95.4 Å². The van der Waals surface area contributed by atoms with Crippen LogP contribution in [-0.4, -0.2) is 47.2 Å². The molecule has 1 unspecified atom stereocenters. The number of amides is 1. The van der Waals surface area contributed by atoms with Gasteiger partial charge in [0.2, 0.25) is 0 Å². The van der Waals surface area contributed by atoms with Gasteiger partial charge < -0.3 is 15.2 Å². The SMILES string of the molecule is C1CCC(NC2CCCCC2)CC1.CN(C(=O)OCc1ccccc1)C(Cc1ccccc1)C(=O)O. The summed E-state index contributed by atoms with van der Waals surface area (Å²) >= 11 is 0. The Morgan fingerprint density at radius 1 is 0.833 bits per heavy atom. The zero-order chi connectivity index (χ0) is 25.6. The number of hydrogen-bond acceptors (Lipinski definition) is 4. The molecule has 36 heavy (non-hydrogen) atoms. The molecule has 0 aromatic heterocycles. The van der Waals surface area contributed by atoms with E-state index in [0.717, 1.165) is 28.1 Å². The Balaban J connectivity index is 0.000000233. The van der Waals surface area contributed by atoms with Crippen molar-refractivity contribution in [2.24, 2.45) is 0 Å². The van der Waals surface area contributed by atoms with E-state index in [-0.39, 0.29) is 13.0 Å². The molecule has 6 nitrogen and oxygen atoms in total. The number of carboxylic acid groups (broad SMARTS) is 1. The molecule has 0 saturated heterocycles. The van der Waals surface area contributed by atoms with Gasteiger partial charge in [-0.3, -0.25) is 4.90 Å². The van der Waals surface area contributed by atoms with Gasteiger partial charge in [0.05, 0.1) is 0 Å². The molecule has 0 aliphatic heterocycles. The number of benzene rings is 2. The molecule has 2 aliphatic carbocycles. The smallest absolute Gasteiger partial charge is 0.410 e. The maximum absolute atomic E-state index is 12.1. The van der Waals surface area contributed by atoms with Gasteiger partial charge in [-0.05, 0) is 36.8 Å². The lowest BCUT2D eigenvalue weighted by Gasteiger charge is -2.30. The number of likely N-dealkylation sites (N-methyl/N-ethyl adjacent to an activating group) is 1. The molecule has 0 spiro atoms. The monoisotopic (exact) mass is 494 g/mol. The third kappa shape index (κ3) is 9.65. The van der Waals surface area contributed by atoms with Crippen LogP contribution in [0.3, 0.4) is 0 Å². The van der Waals surface area contributed by atoms with Gasteiger partial charge >= 0.3 is 12.1 Å². The van der Waals surface area contributed by atoms with Crippen LogP contribution < -0.4 is 5.32 Å². The summed E-state index contributed by atoms with van der Waals surface area (Å²) < 4.78 is 5.18. The number of rotatable bonds is 8.